The average molecular weight is 321 g/mol. The zero-order chi connectivity index (χ0) is 10.1. The van der Waals surface area contributed by atoms with Gasteiger partial charge in [0.1, 0.15) is 0 Å². The highest BCUT2D eigenvalue weighted by molar-refractivity contribution is 14.1. The molecule has 0 heterocycles. The molecule has 1 aromatic carbocycles. The number of nitrogens with one attached hydrogen (secondary N) is 1. The Hall–Kier alpha value is 0.260. The van der Waals surface area contributed by atoms with Crippen molar-refractivity contribution in [1.82, 2.24) is 5.32 Å². The maximum Gasteiger partial charge on any atom is 0.0106 e. The van der Waals surface area contributed by atoms with Crippen LogP contribution in [0.15, 0.2) is 35.2 Å². The van der Waals surface area contributed by atoms with Gasteiger partial charge in [-0.2, -0.15) is 0 Å². The summed E-state index contributed by atoms with van der Waals surface area (Å²) in [6.07, 6.45) is 1.27. The molecular formula is C11H16INS. The standard InChI is InChI=1S/C11H16INS/c12-7-4-8-13-9-10-14-11-5-2-1-3-6-11/h1-3,5-6,13H,4,7-10H2. The lowest BCUT2D eigenvalue weighted by Crippen LogP contribution is -2.18. The monoisotopic (exact) mass is 321 g/mol. The van der Waals surface area contributed by atoms with Crippen molar-refractivity contribution in [3.8, 4) is 0 Å². The molecule has 0 saturated heterocycles. The molecule has 0 aliphatic rings. The molecule has 0 aliphatic carbocycles. The third-order valence-electron chi connectivity index (χ3n) is 1.78. The Balaban J connectivity index is 1.99. The first kappa shape index (κ1) is 12.3. The lowest BCUT2D eigenvalue weighted by atomic mass is 10.4. The first-order valence-electron chi connectivity index (χ1n) is 4.88. The molecule has 1 rings (SSSR count). The summed E-state index contributed by atoms with van der Waals surface area (Å²) < 4.78 is 1.25. The molecule has 0 saturated carbocycles. The van der Waals surface area contributed by atoms with Gasteiger partial charge >= 0.3 is 0 Å². The summed E-state index contributed by atoms with van der Waals surface area (Å²) in [4.78, 5) is 1.36. The number of thioether (sulfide) groups is 1. The number of benzene rings is 1. The molecule has 1 N–H and O–H groups in total. The topological polar surface area (TPSA) is 12.0 Å². The van der Waals surface area contributed by atoms with E-state index < -0.39 is 0 Å². The van der Waals surface area contributed by atoms with Crippen LogP contribution in [0.25, 0.3) is 0 Å². The highest BCUT2D eigenvalue weighted by atomic mass is 127. The van der Waals surface area contributed by atoms with E-state index in [1.54, 1.807) is 0 Å². The van der Waals surface area contributed by atoms with Crippen molar-refractivity contribution in [2.24, 2.45) is 0 Å². The summed E-state index contributed by atoms with van der Waals surface area (Å²) in [7, 11) is 0. The van der Waals surface area contributed by atoms with Crippen LogP contribution in [0.3, 0.4) is 0 Å². The van der Waals surface area contributed by atoms with Crippen molar-refractivity contribution >= 4 is 34.4 Å². The normalized spacial score (nSPS) is 10.4. The molecule has 78 valence electrons. The molecule has 0 aliphatic heterocycles. The SMILES string of the molecule is ICCCNCCSc1ccccc1. The van der Waals surface area contributed by atoms with Crippen molar-refractivity contribution in [3.05, 3.63) is 30.3 Å². The second kappa shape index (κ2) is 8.56. The molecular weight excluding hydrogens is 305 g/mol. The molecule has 0 aromatic heterocycles. The van der Waals surface area contributed by atoms with Gasteiger partial charge in [-0.05, 0) is 25.1 Å². The van der Waals surface area contributed by atoms with Crippen LogP contribution < -0.4 is 5.32 Å². The van der Waals surface area contributed by atoms with Gasteiger partial charge in [0.2, 0.25) is 0 Å². The summed E-state index contributed by atoms with van der Waals surface area (Å²) in [6, 6.07) is 10.6. The van der Waals surface area contributed by atoms with Gasteiger partial charge in [-0.15, -0.1) is 11.8 Å². The molecule has 1 nitrogen and oxygen atoms in total. The fourth-order valence-electron chi connectivity index (χ4n) is 1.07. The van der Waals surface area contributed by atoms with Crippen LogP contribution in [0.5, 0.6) is 0 Å². The van der Waals surface area contributed by atoms with E-state index in [0.717, 1.165) is 18.8 Å². The number of rotatable bonds is 7. The van der Waals surface area contributed by atoms with E-state index in [-0.39, 0.29) is 0 Å². The Morgan fingerprint density at radius 1 is 1.14 bits per heavy atom. The van der Waals surface area contributed by atoms with Gasteiger partial charge < -0.3 is 5.32 Å². The molecule has 0 unspecified atom stereocenters. The van der Waals surface area contributed by atoms with Crippen LogP contribution in [0, 0.1) is 0 Å². The van der Waals surface area contributed by atoms with Gasteiger partial charge in [0.05, 0.1) is 0 Å². The molecule has 0 amide bonds. The van der Waals surface area contributed by atoms with Crippen molar-refractivity contribution in [2.75, 3.05) is 23.3 Å². The minimum atomic E-state index is 1.11. The maximum absolute atomic E-state index is 3.43. The molecule has 0 fully saturated rings. The minimum Gasteiger partial charge on any atom is -0.316 e. The quantitative estimate of drug-likeness (QED) is 0.358. The van der Waals surface area contributed by atoms with Gasteiger partial charge in [-0.3, -0.25) is 0 Å². The molecule has 14 heavy (non-hydrogen) atoms. The zero-order valence-electron chi connectivity index (χ0n) is 8.21. The van der Waals surface area contributed by atoms with E-state index in [4.69, 9.17) is 0 Å². The number of halogens is 1. The van der Waals surface area contributed by atoms with Crippen molar-refractivity contribution in [2.45, 2.75) is 11.3 Å². The molecule has 1 aromatic rings. The number of hydrogen-bond acceptors (Lipinski definition) is 2. The smallest absolute Gasteiger partial charge is 0.0106 e. The largest absolute Gasteiger partial charge is 0.316 e. The summed E-state index contributed by atoms with van der Waals surface area (Å²) >= 11 is 4.33. The zero-order valence-corrected chi connectivity index (χ0v) is 11.2. The van der Waals surface area contributed by atoms with Gasteiger partial charge in [0.15, 0.2) is 0 Å². The Morgan fingerprint density at radius 3 is 2.64 bits per heavy atom. The summed E-state index contributed by atoms with van der Waals surface area (Å²) in [5.41, 5.74) is 0. The molecule has 0 spiro atoms. The predicted molar refractivity (Wildman–Crippen MR) is 73.5 cm³/mol. The minimum absolute atomic E-state index is 1.11. The Bertz CT molecular complexity index is 228. The fourth-order valence-corrected chi connectivity index (χ4v) is 2.29. The van der Waals surface area contributed by atoms with Crippen LogP contribution in [-0.4, -0.2) is 23.3 Å². The van der Waals surface area contributed by atoms with E-state index in [9.17, 15) is 0 Å². The van der Waals surface area contributed by atoms with Crippen LogP contribution in [0.1, 0.15) is 6.42 Å². The van der Waals surface area contributed by atoms with Crippen LogP contribution in [0.4, 0.5) is 0 Å². The first-order valence-corrected chi connectivity index (χ1v) is 7.39. The molecule has 0 atom stereocenters. The van der Waals surface area contributed by atoms with Gasteiger partial charge in [0, 0.05) is 21.6 Å². The third-order valence-corrected chi connectivity index (χ3v) is 3.55. The molecule has 3 heteroatoms. The lowest BCUT2D eigenvalue weighted by Gasteiger charge is -2.03. The number of hydrogen-bond donors (Lipinski definition) is 1. The van der Waals surface area contributed by atoms with Crippen molar-refractivity contribution < 1.29 is 0 Å². The lowest BCUT2D eigenvalue weighted by molar-refractivity contribution is 0.715. The van der Waals surface area contributed by atoms with Gasteiger partial charge in [-0.25, -0.2) is 0 Å². The van der Waals surface area contributed by atoms with Crippen LogP contribution >= 0.6 is 34.4 Å². The molecule has 0 bridgehead atoms. The third kappa shape index (κ3) is 5.88. The van der Waals surface area contributed by atoms with Crippen molar-refractivity contribution in [3.63, 3.8) is 0 Å². The van der Waals surface area contributed by atoms with E-state index in [2.05, 4.69) is 58.2 Å². The second-order valence-electron chi connectivity index (χ2n) is 2.95. The summed E-state index contributed by atoms with van der Waals surface area (Å²) in [5.74, 6) is 1.16. The van der Waals surface area contributed by atoms with E-state index in [1.807, 2.05) is 11.8 Å². The Kier molecular flexibility index (Phi) is 7.54. The van der Waals surface area contributed by atoms with E-state index >= 15 is 0 Å². The summed E-state index contributed by atoms with van der Waals surface area (Å²) in [5, 5.41) is 3.43. The Labute approximate surface area is 104 Å². The highest BCUT2D eigenvalue weighted by Gasteiger charge is 1.91. The fraction of sp³-hybridized carbons (Fsp3) is 0.455. The van der Waals surface area contributed by atoms with Crippen LogP contribution in [0.2, 0.25) is 0 Å². The summed E-state index contributed by atoms with van der Waals surface area (Å²) in [6.45, 7) is 2.26. The Morgan fingerprint density at radius 2 is 1.93 bits per heavy atom. The predicted octanol–water partition coefficient (Wildman–Crippen LogP) is 3.19. The van der Waals surface area contributed by atoms with Gasteiger partial charge in [-0.1, -0.05) is 40.8 Å². The van der Waals surface area contributed by atoms with Crippen molar-refractivity contribution in [1.29, 1.82) is 0 Å². The second-order valence-corrected chi connectivity index (χ2v) is 5.20. The van der Waals surface area contributed by atoms with Crippen LogP contribution in [-0.2, 0) is 0 Å². The first-order chi connectivity index (χ1) is 6.93. The maximum atomic E-state index is 3.43. The van der Waals surface area contributed by atoms with E-state index in [1.165, 1.54) is 15.7 Å². The molecule has 0 radical (unpaired) electrons. The van der Waals surface area contributed by atoms with E-state index in [0.29, 0.717) is 0 Å². The van der Waals surface area contributed by atoms with Gasteiger partial charge in [0.25, 0.3) is 0 Å². The average Bonchev–Trinajstić information content (AvgIpc) is 2.25. The highest BCUT2D eigenvalue weighted by Crippen LogP contribution is 2.15. The number of alkyl halides is 1.